The van der Waals surface area contributed by atoms with Crippen molar-refractivity contribution in [2.75, 3.05) is 13.2 Å². The van der Waals surface area contributed by atoms with Crippen LogP contribution in [-0.2, 0) is 41.8 Å². The minimum Gasteiger partial charge on any atom is -0.481 e. The van der Waals surface area contributed by atoms with Gasteiger partial charge in [0, 0.05) is 6.42 Å². The number of benzene rings is 2. The number of hydrogen-bond donors (Lipinski definition) is 2. The van der Waals surface area contributed by atoms with Gasteiger partial charge in [-0.3, -0.25) is 9.59 Å². The van der Waals surface area contributed by atoms with Crippen molar-refractivity contribution >= 4 is 24.2 Å². The Labute approximate surface area is 215 Å². The van der Waals surface area contributed by atoms with E-state index >= 15 is 0 Å². The summed E-state index contributed by atoms with van der Waals surface area (Å²) in [7, 11) is 0. The maximum Gasteiger partial charge on any atom is 0.508 e. The molecule has 2 aromatic carbocycles. The maximum atomic E-state index is 12.3. The molecule has 10 nitrogen and oxygen atoms in total. The molecule has 0 aliphatic carbocycles. The minimum absolute atomic E-state index is 0.0212. The summed E-state index contributed by atoms with van der Waals surface area (Å²) >= 11 is 0. The van der Waals surface area contributed by atoms with E-state index in [0.29, 0.717) is 25.7 Å². The molecule has 0 saturated heterocycles. The Hall–Kier alpha value is -4.08. The number of ether oxygens (including phenoxy) is 4. The lowest BCUT2D eigenvalue weighted by atomic mass is 9.84. The summed E-state index contributed by atoms with van der Waals surface area (Å²) in [6.45, 7) is -1.27. The summed E-state index contributed by atoms with van der Waals surface area (Å²) in [6, 6.07) is 17.8. The third-order valence-corrected chi connectivity index (χ3v) is 5.58. The van der Waals surface area contributed by atoms with Gasteiger partial charge in [0.25, 0.3) is 0 Å². The average molecular weight is 517 g/mol. The molecular formula is C27H32O10. The first-order valence-corrected chi connectivity index (χ1v) is 11.9. The summed E-state index contributed by atoms with van der Waals surface area (Å²) in [6.07, 6.45) is -0.0765. The van der Waals surface area contributed by atoms with Crippen molar-refractivity contribution in [1.29, 1.82) is 0 Å². The van der Waals surface area contributed by atoms with Gasteiger partial charge < -0.3 is 29.2 Å². The molecule has 0 aliphatic rings. The highest BCUT2D eigenvalue weighted by atomic mass is 16.7. The quantitative estimate of drug-likeness (QED) is 0.226. The Balaban J connectivity index is 1.94. The van der Waals surface area contributed by atoms with E-state index in [9.17, 15) is 24.3 Å². The molecule has 0 fully saturated rings. The molecule has 0 aliphatic heterocycles. The standard InChI is InChI=1S/C27H32O10/c28-23(29)15-9-1-2-10-16-27(24(30)31,19-36-25(32)34-17-21-11-5-3-6-12-21)20-37-26(33)35-18-22-13-7-4-8-14-22/h3-8,11-14H,1-2,9-10,15-20H2,(H,28,29)(H,30,31). The second-order valence-electron chi connectivity index (χ2n) is 8.52. The predicted octanol–water partition coefficient (Wildman–Crippen LogP) is 5.19. The van der Waals surface area contributed by atoms with Gasteiger partial charge in [-0.15, -0.1) is 0 Å². The summed E-state index contributed by atoms with van der Waals surface area (Å²) in [5.74, 6) is -2.21. The van der Waals surface area contributed by atoms with Gasteiger partial charge in [0.2, 0.25) is 0 Å². The van der Waals surface area contributed by atoms with Gasteiger partial charge >= 0.3 is 24.2 Å². The first-order chi connectivity index (χ1) is 17.8. The number of carboxylic acid groups (broad SMARTS) is 2. The molecule has 0 atom stereocenters. The molecule has 0 aromatic heterocycles. The summed E-state index contributed by atoms with van der Waals surface area (Å²) in [5.41, 5.74) is -0.269. The molecule has 10 heteroatoms. The molecular weight excluding hydrogens is 484 g/mol. The molecule has 0 unspecified atom stereocenters. The summed E-state index contributed by atoms with van der Waals surface area (Å²) in [4.78, 5) is 47.2. The van der Waals surface area contributed by atoms with Gasteiger partial charge in [0.15, 0.2) is 0 Å². The molecule has 2 N–H and O–H groups in total. The average Bonchev–Trinajstić information content (AvgIpc) is 2.90. The SMILES string of the molecule is O=C(O)CCCCCCC(COC(=O)OCc1ccccc1)(COC(=O)OCc1ccccc1)C(=O)O. The molecule has 0 bridgehead atoms. The molecule has 0 saturated carbocycles. The van der Waals surface area contributed by atoms with Crippen LogP contribution in [0.5, 0.6) is 0 Å². The van der Waals surface area contributed by atoms with Crippen LogP contribution in [0.15, 0.2) is 60.7 Å². The molecule has 0 spiro atoms. The normalized spacial score (nSPS) is 10.8. The fourth-order valence-electron chi connectivity index (χ4n) is 3.42. The van der Waals surface area contributed by atoms with Crippen LogP contribution in [-0.4, -0.2) is 47.7 Å². The van der Waals surface area contributed by atoms with Crippen molar-refractivity contribution < 1.29 is 48.3 Å². The number of rotatable bonds is 16. The fourth-order valence-corrected chi connectivity index (χ4v) is 3.42. The smallest absolute Gasteiger partial charge is 0.481 e. The lowest BCUT2D eigenvalue weighted by molar-refractivity contribution is -0.156. The molecule has 37 heavy (non-hydrogen) atoms. The van der Waals surface area contributed by atoms with Crippen LogP contribution >= 0.6 is 0 Å². The van der Waals surface area contributed by atoms with E-state index in [1.807, 2.05) is 12.1 Å². The Morgan fingerprint density at radius 3 is 1.51 bits per heavy atom. The van der Waals surface area contributed by atoms with E-state index < -0.39 is 42.9 Å². The van der Waals surface area contributed by atoms with E-state index in [1.165, 1.54) is 0 Å². The van der Waals surface area contributed by atoms with Crippen molar-refractivity contribution in [3.8, 4) is 0 Å². The summed E-state index contributed by atoms with van der Waals surface area (Å²) < 4.78 is 20.3. The summed E-state index contributed by atoms with van der Waals surface area (Å²) in [5, 5.41) is 18.7. The van der Waals surface area contributed by atoms with Crippen LogP contribution < -0.4 is 0 Å². The Morgan fingerprint density at radius 1 is 0.622 bits per heavy atom. The third kappa shape index (κ3) is 11.5. The number of aliphatic carboxylic acids is 2. The number of unbranched alkanes of at least 4 members (excludes halogenated alkanes) is 3. The highest BCUT2D eigenvalue weighted by Crippen LogP contribution is 2.28. The molecule has 2 aromatic rings. The Morgan fingerprint density at radius 2 is 1.08 bits per heavy atom. The predicted molar refractivity (Wildman–Crippen MR) is 131 cm³/mol. The van der Waals surface area contributed by atoms with Crippen LogP contribution in [0.4, 0.5) is 9.59 Å². The zero-order valence-corrected chi connectivity index (χ0v) is 20.5. The molecule has 200 valence electrons. The topological polar surface area (TPSA) is 146 Å². The van der Waals surface area contributed by atoms with Crippen molar-refractivity contribution in [1.82, 2.24) is 0 Å². The van der Waals surface area contributed by atoms with Crippen LogP contribution in [0.3, 0.4) is 0 Å². The van der Waals surface area contributed by atoms with Gasteiger partial charge in [-0.05, 0) is 24.0 Å². The number of carbonyl (C=O) groups excluding carboxylic acids is 2. The fraction of sp³-hybridized carbons (Fsp3) is 0.407. The zero-order chi connectivity index (χ0) is 26.9. The van der Waals surface area contributed by atoms with Crippen molar-refractivity contribution in [3.05, 3.63) is 71.8 Å². The van der Waals surface area contributed by atoms with Crippen molar-refractivity contribution in [3.63, 3.8) is 0 Å². The highest BCUT2D eigenvalue weighted by Gasteiger charge is 2.42. The van der Waals surface area contributed by atoms with Crippen molar-refractivity contribution in [2.24, 2.45) is 5.41 Å². The number of carboxylic acids is 2. The third-order valence-electron chi connectivity index (χ3n) is 5.58. The van der Waals surface area contributed by atoms with Crippen LogP contribution in [0.2, 0.25) is 0 Å². The number of carbonyl (C=O) groups is 4. The Bertz CT molecular complexity index is 931. The van der Waals surface area contributed by atoms with Gasteiger partial charge in [0.1, 0.15) is 31.8 Å². The minimum atomic E-state index is -1.73. The van der Waals surface area contributed by atoms with Crippen LogP contribution in [0.25, 0.3) is 0 Å². The van der Waals surface area contributed by atoms with E-state index in [-0.39, 0.29) is 26.1 Å². The maximum absolute atomic E-state index is 12.3. The first-order valence-electron chi connectivity index (χ1n) is 11.9. The molecule has 0 heterocycles. The van der Waals surface area contributed by atoms with Crippen LogP contribution in [0.1, 0.15) is 49.7 Å². The van der Waals surface area contributed by atoms with Crippen LogP contribution in [0, 0.1) is 5.41 Å². The van der Waals surface area contributed by atoms with E-state index in [2.05, 4.69) is 0 Å². The number of hydrogen-bond acceptors (Lipinski definition) is 8. The monoisotopic (exact) mass is 516 g/mol. The highest BCUT2D eigenvalue weighted by molar-refractivity contribution is 5.76. The second kappa shape index (κ2) is 15.8. The zero-order valence-electron chi connectivity index (χ0n) is 20.5. The Kier molecular flexibility index (Phi) is 12.5. The second-order valence-corrected chi connectivity index (χ2v) is 8.52. The molecule has 0 radical (unpaired) electrons. The van der Waals surface area contributed by atoms with E-state index in [1.54, 1.807) is 48.5 Å². The largest absolute Gasteiger partial charge is 0.508 e. The van der Waals surface area contributed by atoms with Gasteiger partial charge in [-0.25, -0.2) is 9.59 Å². The van der Waals surface area contributed by atoms with Gasteiger partial charge in [0.05, 0.1) is 0 Å². The lowest BCUT2D eigenvalue weighted by Crippen LogP contribution is -2.42. The van der Waals surface area contributed by atoms with E-state index in [0.717, 1.165) is 11.1 Å². The van der Waals surface area contributed by atoms with Crippen molar-refractivity contribution in [2.45, 2.75) is 51.7 Å². The van der Waals surface area contributed by atoms with E-state index in [4.69, 9.17) is 24.1 Å². The van der Waals surface area contributed by atoms with Gasteiger partial charge in [-0.1, -0.05) is 79.9 Å². The molecule has 0 amide bonds. The lowest BCUT2D eigenvalue weighted by Gasteiger charge is -2.28. The molecule has 2 rings (SSSR count). The first kappa shape index (κ1) is 29.2. The van der Waals surface area contributed by atoms with Gasteiger partial charge in [-0.2, -0.15) is 0 Å².